The molecule has 0 saturated heterocycles. The van der Waals surface area contributed by atoms with E-state index in [1.54, 1.807) is 0 Å². The smallest absolute Gasteiger partial charge is 0.405 e. The van der Waals surface area contributed by atoms with Crippen molar-refractivity contribution in [2.24, 2.45) is 5.41 Å². The van der Waals surface area contributed by atoms with Gasteiger partial charge in [-0.25, -0.2) is 4.79 Å². The number of benzene rings is 1. The highest BCUT2D eigenvalue weighted by Gasteiger charge is 2.62. The van der Waals surface area contributed by atoms with Gasteiger partial charge in [-0.2, -0.15) is 0 Å². The molecule has 1 saturated carbocycles. The quantitative estimate of drug-likeness (QED) is 0.867. The maximum absolute atomic E-state index is 11.0. The van der Waals surface area contributed by atoms with Gasteiger partial charge in [-0.15, -0.1) is 0 Å². The highest BCUT2D eigenvalue weighted by molar-refractivity contribution is 9.10. The molecule has 2 N–H and O–H groups in total. The maximum atomic E-state index is 11.0. The van der Waals surface area contributed by atoms with E-state index < -0.39 is 6.09 Å². The van der Waals surface area contributed by atoms with Gasteiger partial charge in [-0.1, -0.05) is 48.8 Å². The fraction of sp³-hybridized carbons (Fsp3) is 0.500. The molecule has 2 rings (SSSR count). The van der Waals surface area contributed by atoms with Gasteiger partial charge in [0.15, 0.2) is 0 Å². The fourth-order valence-corrected chi connectivity index (χ4v) is 2.97. The molecule has 1 aliphatic carbocycles. The lowest BCUT2D eigenvalue weighted by molar-refractivity contribution is 0.167. The van der Waals surface area contributed by atoms with Crippen molar-refractivity contribution in [3.05, 3.63) is 34.3 Å². The summed E-state index contributed by atoms with van der Waals surface area (Å²) in [5.41, 5.74) is 0.761. The van der Waals surface area contributed by atoms with E-state index >= 15 is 0 Å². The van der Waals surface area contributed by atoms with Crippen LogP contribution in [0.2, 0.25) is 0 Å². The van der Waals surface area contributed by atoms with Gasteiger partial charge in [-0.3, -0.25) is 0 Å². The van der Waals surface area contributed by atoms with Gasteiger partial charge in [-0.05, 0) is 29.5 Å². The molecule has 1 fully saturated rings. The Kier molecular flexibility index (Phi) is 3.18. The van der Waals surface area contributed by atoms with Crippen LogP contribution in [0.25, 0.3) is 0 Å². The van der Waals surface area contributed by atoms with Crippen molar-refractivity contribution in [3.8, 4) is 0 Å². The Labute approximate surface area is 116 Å². The average Bonchev–Trinajstić information content (AvgIpc) is 2.93. The molecule has 4 heteroatoms. The monoisotopic (exact) mass is 311 g/mol. The highest BCUT2D eigenvalue weighted by Crippen LogP contribution is 2.60. The van der Waals surface area contributed by atoms with Crippen LogP contribution >= 0.6 is 15.9 Å². The summed E-state index contributed by atoms with van der Waals surface area (Å²) in [5.74, 6) is 0.265. The number of nitrogens with one attached hydrogen (secondary N) is 1. The van der Waals surface area contributed by atoms with E-state index in [1.807, 2.05) is 12.1 Å². The van der Waals surface area contributed by atoms with Crippen LogP contribution in [0.3, 0.4) is 0 Å². The van der Waals surface area contributed by atoms with Gasteiger partial charge in [0.1, 0.15) is 0 Å². The molecule has 98 valence electrons. The van der Waals surface area contributed by atoms with E-state index in [0.29, 0.717) is 0 Å². The van der Waals surface area contributed by atoms with Crippen molar-refractivity contribution in [1.29, 1.82) is 0 Å². The van der Waals surface area contributed by atoms with Gasteiger partial charge >= 0.3 is 6.09 Å². The van der Waals surface area contributed by atoms with Crippen LogP contribution in [0, 0.1) is 5.41 Å². The topological polar surface area (TPSA) is 49.3 Å². The van der Waals surface area contributed by atoms with Crippen molar-refractivity contribution in [3.63, 3.8) is 0 Å². The zero-order chi connectivity index (χ0) is 13.6. The van der Waals surface area contributed by atoms with Crippen LogP contribution in [0.5, 0.6) is 0 Å². The lowest BCUT2D eigenvalue weighted by Gasteiger charge is -2.32. The number of carboxylic acid groups (broad SMARTS) is 1. The Morgan fingerprint density at radius 2 is 1.94 bits per heavy atom. The molecule has 1 aliphatic rings. The SMILES string of the molecule is CC(C)(C)C1(NC(=O)O)CC1c1ccc(Br)cc1. The van der Waals surface area contributed by atoms with Crippen molar-refractivity contribution >= 4 is 22.0 Å². The van der Waals surface area contributed by atoms with Gasteiger partial charge in [0.25, 0.3) is 0 Å². The summed E-state index contributed by atoms with van der Waals surface area (Å²) in [6, 6.07) is 8.13. The van der Waals surface area contributed by atoms with Gasteiger partial charge in [0, 0.05) is 10.4 Å². The molecule has 3 nitrogen and oxygen atoms in total. The molecular formula is C14H18BrNO2. The van der Waals surface area contributed by atoms with Crippen molar-refractivity contribution in [2.45, 2.75) is 38.6 Å². The summed E-state index contributed by atoms with van der Waals surface area (Å²) in [5, 5.41) is 11.8. The molecule has 2 unspecified atom stereocenters. The molecule has 0 heterocycles. The molecule has 0 spiro atoms. The number of amides is 1. The second-order valence-electron chi connectivity index (χ2n) is 5.96. The second-order valence-corrected chi connectivity index (χ2v) is 6.88. The molecule has 2 atom stereocenters. The van der Waals surface area contributed by atoms with E-state index in [4.69, 9.17) is 5.11 Å². The van der Waals surface area contributed by atoms with Crippen LogP contribution in [-0.2, 0) is 0 Å². The van der Waals surface area contributed by atoms with Gasteiger partial charge < -0.3 is 10.4 Å². The third kappa shape index (κ3) is 2.26. The van der Waals surface area contributed by atoms with Gasteiger partial charge in [0.2, 0.25) is 0 Å². The second kappa shape index (κ2) is 4.26. The Bertz CT molecular complexity index is 464. The predicted molar refractivity (Wildman–Crippen MR) is 74.8 cm³/mol. The molecule has 0 bridgehead atoms. The number of halogens is 1. The third-order valence-corrected chi connectivity index (χ3v) is 4.43. The molecule has 0 aromatic heterocycles. The minimum atomic E-state index is -0.940. The Hall–Kier alpha value is -1.03. The molecule has 1 amide bonds. The molecule has 18 heavy (non-hydrogen) atoms. The summed E-state index contributed by atoms with van der Waals surface area (Å²) in [6.45, 7) is 6.26. The van der Waals surface area contributed by atoms with Crippen LogP contribution in [0.4, 0.5) is 4.79 Å². The number of hydrogen-bond donors (Lipinski definition) is 2. The van der Waals surface area contributed by atoms with Crippen LogP contribution < -0.4 is 5.32 Å². The van der Waals surface area contributed by atoms with Crippen molar-refractivity contribution in [2.75, 3.05) is 0 Å². The molecule has 0 radical (unpaired) electrons. The number of hydrogen-bond acceptors (Lipinski definition) is 1. The Morgan fingerprint density at radius 1 is 1.39 bits per heavy atom. The lowest BCUT2D eigenvalue weighted by atomic mass is 9.81. The molecule has 1 aromatic rings. The normalized spacial score (nSPS) is 26.8. The zero-order valence-electron chi connectivity index (χ0n) is 10.8. The van der Waals surface area contributed by atoms with Crippen LogP contribution in [-0.4, -0.2) is 16.7 Å². The zero-order valence-corrected chi connectivity index (χ0v) is 12.4. The molecule has 1 aromatic carbocycles. The first-order chi connectivity index (χ1) is 8.26. The maximum Gasteiger partial charge on any atom is 0.405 e. The molecule has 0 aliphatic heterocycles. The van der Waals surface area contributed by atoms with E-state index in [0.717, 1.165) is 10.9 Å². The summed E-state index contributed by atoms with van der Waals surface area (Å²) >= 11 is 3.41. The predicted octanol–water partition coefficient (Wildman–Crippen LogP) is 3.99. The summed E-state index contributed by atoms with van der Waals surface area (Å²) in [4.78, 5) is 11.0. The van der Waals surface area contributed by atoms with Gasteiger partial charge in [0.05, 0.1) is 5.54 Å². The average molecular weight is 312 g/mol. The summed E-state index contributed by atoms with van der Waals surface area (Å²) in [7, 11) is 0. The number of carbonyl (C=O) groups is 1. The van der Waals surface area contributed by atoms with E-state index in [-0.39, 0.29) is 16.9 Å². The van der Waals surface area contributed by atoms with E-state index in [2.05, 4.69) is 54.2 Å². The molecular weight excluding hydrogens is 294 g/mol. The third-order valence-electron chi connectivity index (χ3n) is 3.90. The minimum Gasteiger partial charge on any atom is -0.465 e. The Morgan fingerprint density at radius 3 is 2.39 bits per heavy atom. The fourth-order valence-electron chi connectivity index (χ4n) is 2.71. The van der Waals surface area contributed by atoms with E-state index in [1.165, 1.54) is 5.56 Å². The first kappa shape index (κ1) is 13.4. The first-order valence-electron chi connectivity index (χ1n) is 6.03. The lowest BCUT2D eigenvalue weighted by Crippen LogP contribution is -2.47. The minimum absolute atomic E-state index is 0.0941. The van der Waals surface area contributed by atoms with Crippen LogP contribution in [0.15, 0.2) is 28.7 Å². The Balaban J connectivity index is 2.27. The van der Waals surface area contributed by atoms with Crippen molar-refractivity contribution in [1.82, 2.24) is 5.32 Å². The standard InChI is InChI=1S/C14H18BrNO2/c1-13(2,3)14(16-12(17)18)8-11(14)9-4-6-10(15)7-5-9/h4-7,11,16H,8H2,1-3H3,(H,17,18). The summed E-state index contributed by atoms with van der Waals surface area (Å²) < 4.78 is 1.04. The van der Waals surface area contributed by atoms with Crippen molar-refractivity contribution < 1.29 is 9.90 Å². The summed E-state index contributed by atoms with van der Waals surface area (Å²) in [6.07, 6.45) is -0.0747. The van der Waals surface area contributed by atoms with E-state index in [9.17, 15) is 4.79 Å². The first-order valence-corrected chi connectivity index (χ1v) is 6.82. The highest BCUT2D eigenvalue weighted by atomic mass is 79.9. The largest absolute Gasteiger partial charge is 0.465 e. The number of rotatable bonds is 2. The van der Waals surface area contributed by atoms with Crippen LogP contribution in [0.1, 0.15) is 38.7 Å².